The molecule has 0 bridgehead atoms. The van der Waals surface area contributed by atoms with E-state index < -0.39 is 0 Å². The molecule has 0 saturated carbocycles. The first-order valence-electron chi connectivity index (χ1n) is 6.23. The van der Waals surface area contributed by atoms with E-state index in [1.807, 2.05) is 12.1 Å². The molecule has 0 unspecified atom stereocenters. The summed E-state index contributed by atoms with van der Waals surface area (Å²) < 4.78 is 1.55. The molecule has 0 aliphatic heterocycles. The van der Waals surface area contributed by atoms with Gasteiger partial charge in [0.1, 0.15) is 0 Å². The molecule has 22 heavy (non-hydrogen) atoms. The Balaban J connectivity index is 1.98. The number of aromatic nitrogens is 3. The average molecular weight is 355 g/mol. The van der Waals surface area contributed by atoms with E-state index in [2.05, 4.69) is 15.4 Å². The molecule has 1 heterocycles. The van der Waals surface area contributed by atoms with Crippen molar-refractivity contribution >= 4 is 52.4 Å². The molecule has 0 spiro atoms. The van der Waals surface area contributed by atoms with Crippen LogP contribution in [-0.4, -0.2) is 14.8 Å². The molecule has 5 nitrogen and oxygen atoms in total. The van der Waals surface area contributed by atoms with Crippen LogP contribution in [0.3, 0.4) is 0 Å². The standard InChI is InChI=1S/C14H10Cl3N5/c15-8-1-3-9(4-2-8)19-14-20-13(18)21-22(14)10-5-6-11(16)12(17)7-10/h1-7H,(H3,18,19,20,21). The zero-order valence-electron chi connectivity index (χ0n) is 11.1. The van der Waals surface area contributed by atoms with Crippen LogP contribution in [0, 0.1) is 0 Å². The molecule has 0 aliphatic rings. The van der Waals surface area contributed by atoms with Crippen molar-refractivity contribution in [3.63, 3.8) is 0 Å². The van der Waals surface area contributed by atoms with Crippen LogP contribution < -0.4 is 11.1 Å². The SMILES string of the molecule is Nc1nc(Nc2ccc(Cl)cc2)n(-c2ccc(Cl)c(Cl)c2)n1. The summed E-state index contributed by atoms with van der Waals surface area (Å²) in [6.45, 7) is 0. The number of hydrogen-bond donors (Lipinski definition) is 2. The highest BCUT2D eigenvalue weighted by Crippen LogP contribution is 2.27. The number of benzene rings is 2. The van der Waals surface area contributed by atoms with Gasteiger partial charge in [0, 0.05) is 10.7 Å². The summed E-state index contributed by atoms with van der Waals surface area (Å²) in [6.07, 6.45) is 0. The number of halogens is 3. The van der Waals surface area contributed by atoms with E-state index in [4.69, 9.17) is 40.5 Å². The topological polar surface area (TPSA) is 68.8 Å². The van der Waals surface area contributed by atoms with Gasteiger partial charge in [0.15, 0.2) is 0 Å². The van der Waals surface area contributed by atoms with E-state index in [9.17, 15) is 0 Å². The van der Waals surface area contributed by atoms with Crippen molar-refractivity contribution < 1.29 is 0 Å². The highest BCUT2D eigenvalue weighted by atomic mass is 35.5. The first-order valence-corrected chi connectivity index (χ1v) is 7.37. The number of nitrogens with zero attached hydrogens (tertiary/aromatic N) is 3. The molecule has 0 saturated heterocycles. The summed E-state index contributed by atoms with van der Waals surface area (Å²) in [7, 11) is 0. The predicted octanol–water partition coefficient (Wildman–Crippen LogP) is 4.55. The van der Waals surface area contributed by atoms with Crippen LogP contribution in [0.15, 0.2) is 42.5 Å². The van der Waals surface area contributed by atoms with E-state index in [0.29, 0.717) is 26.7 Å². The Kier molecular flexibility index (Phi) is 4.11. The zero-order chi connectivity index (χ0) is 15.7. The highest BCUT2D eigenvalue weighted by Gasteiger charge is 2.11. The van der Waals surface area contributed by atoms with Gasteiger partial charge in [-0.1, -0.05) is 34.8 Å². The second-order valence-electron chi connectivity index (χ2n) is 4.44. The van der Waals surface area contributed by atoms with Crippen molar-refractivity contribution in [1.82, 2.24) is 14.8 Å². The summed E-state index contributed by atoms with van der Waals surface area (Å²) in [5.41, 5.74) is 7.19. The third-order valence-electron chi connectivity index (χ3n) is 2.87. The first kappa shape index (κ1) is 15.0. The Morgan fingerprint density at radius 3 is 2.36 bits per heavy atom. The minimum atomic E-state index is 0.141. The highest BCUT2D eigenvalue weighted by molar-refractivity contribution is 6.42. The van der Waals surface area contributed by atoms with Gasteiger partial charge in [-0.25, -0.2) is 0 Å². The van der Waals surface area contributed by atoms with Crippen LogP contribution in [0.4, 0.5) is 17.6 Å². The summed E-state index contributed by atoms with van der Waals surface area (Å²) in [5.74, 6) is 0.598. The van der Waals surface area contributed by atoms with E-state index in [-0.39, 0.29) is 5.95 Å². The van der Waals surface area contributed by atoms with Gasteiger partial charge in [-0.3, -0.25) is 0 Å². The van der Waals surface area contributed by atoms with Crippen molar-refractivity contribution in [1.29, 1.82) is 0 Å². The molecule has 0 atom stereocenters. The Bertz CT molecular complexity index is 814. The maximum absolute atomic E-state index is 6.04. The van der Waals surface area contributed by atoms with Crippen LogP contribution in [-0.2, 0) is 0 Å². The minimum Gasteiger partial charge on any atom is -0.366 e. The summed E-state index contributed by atoms with van der Waals surface area (Å²) >= 11 is 17.8. The fourth-order valence-corrected chi connectivity index (χ4v) is 2.29. The Hall–Kier alpha value is -1.95. The molecule has 0 amide bonds. The lowest BCUT2D eigenvalue weighted by molar-refractivity contribution is 0.892. The van der Waals surface area contributed by atoms with Gasteiger partial charge < -0.3 is 11.1 Å². The Labute approximate surface area is 141 Å². The van der Waals surface area contributed by atoms with Crippen molar-refractivity contribution in [2.24, 2.45) is 0 Å². The van der Waals surface area contributed by atoms with Crippen LogP contribution >= 0.6 is 34.8 Å². The van der Waals surface area contributed by atoms with Gasteiger partial charge in [0.25, 0.3) is 0 Å². The smallest absolute Gasteiger partial charge is 0.241 e. The second kappa shape index (κ2) is 6.04. The van der Waals surface area contributed by atoms with Gasteiger partial charge in [-0.05, 0) is 42.5 Å². The van der Waals surface area contributed by atoms with E-state index in [1.165, 1.54) is 0 Å². The molecule has 2 aromatic carbocycles. The quantitative estimate of drug-likeness (QED) is 0.724. The monoisotopic (exact) mass is 353 g/mol. The van der Waals surface area contributed by atoms with Crippen molar-refractivity contribution in [2.75, 3.05) is 11.1 Å². The number of nitrogens with one attached hydrogen (secondary N) is 1. The normalized spacial score (nSPS) is 10.7. The van der Waals surface area contributed by atoms with Crippen molar-refractivity contribution in [3.8, 4) is 5.69 Å². The van der Waals surface area contributed by atoms with Crippen molar-refractivity contribution in [3.05, 3.63) is 57.5 Å². The summed E-state index contributed by atoms with van der Waals surface area (Å²) in [5, 5.41) is 8.82. The van der Waals surface area contributed by atoms with E-state index in [1.54, 1.807) is 35.0 Å². The van der Waals surface area contributed by atoms with Crippen LogP contribution in [0.25, 0.3) is 5.69 Å². The number of nitrogen functional groups attached to an aromatic ring is 1. The van der Waals surface area contributed by atoms with Gasteiger partial charge in [0.2, 0.25) is 11.9 Å². The maximum atomic E-state index is 6.04. The predicted molar refractivity (Wildman–Crippen MR) is 90.5 cm³/mol. The molecule has 0 radical (unpaired) electrons. The fraction of sp³-hybridized carbons (Fsp3) is 0. The second-order valence-corrected chi connectivity index (χ2v) is 5.69. The summed E-state index contributed by atoms with van der Waals surface area (Å²) in [6, 6.07) is 12.3. The van der Waals surface area contributed by atoms with E-state index >= 15 is 0 Å². The summed E-state index contributed by atoms with van der Waals surface area (Å²) in [4.78, 5) is 4.17. The molecule has 1 aromatic heterocycles. The number of anilines is 3. The maximum Gasteiger partial charge on any atom is 0.241 e. The molecule has 0 aliphatic carbocycles. The lowest BCUT2D eigenvalue weighted by Crippen LogP contribution is -2.03. The van der Waals surface area contributed by atoms with Gasteiger partial charge in [-0.2, -0.15) is 9.67 Å². The molecule has 3 rings (SSSR count). The molecular weight excluding hydrogens is 345 g/mol. The van der Waals surface area contributed by atoms with Crippen LogP contribution in [0.1, 0.15) is 0 Å². The third kappa shape index (κ3) is 3.11. The molecular formula is C14H10Cl3N5. The number of hydrogen-bond acceptors (Lipinski definition) is 4. The largest absolute Gasteiger partial charge is 0.366 e. The zero-order valence-corrected chi connectivity index (χ0v) is 13.4. The lowest BCUT2D eigenvalue weighted by Gasteiger charge is -2.09. The third-order valence-corrected chi connectivity index (χ3v) is 3.86. The van der Waals surface area contributed by atoms with Gasteiger partial charge >= 0.3 is 0 Å². The molecule has 3 N–H and O–H groups in total. The molecule has 3 aromatic rings. The van der Waals surface area contributed by atoms with Gasteiger partial charge in [-0.15, -0.1) is 5.10 Å². The first-order chi connectivity index (χ1) is 10.5. The minimum absolute atomic E-state index is 0.141. The molecule has 8 heteroatoms. The Morgan fingerprint density at radius 2 is 1.68 bits per heavy atom. The average Bonchev–Trinajstić information content (AvgIpc) is 2.85. The number of rotatable bonds is 3. The van der Waals surface area contributed by atoms with Gasteiger partial charge in [0.05, 0.1) is 15.7 Å². The Morgan fingerprint density at radius 1 is 0.955 bits per heavy atom. The number of nitrogens with two attached hydrogens (primary N) is 1. The molecule has 112 valence electrons. The van der Waals surface area contributed by atoms with E-state index in [0.717, 1.165) is 5.69 Å². The lowest BCUT2D eigenvalue weighted by atomic mass is 10.3. The van der Waals surface area contributed by atoms with Crippen LogP contribution in [0.2, 0.25) is 15.1 Å². The molecule has 0 fully saturated rings. The fourth-order valence-electron chi connectivity index (χ4n) is 1.87. The van der Waals surface area contributed by atoms with Crippen molar-refractivity contribution in [2.45, 2.75) is 0 Å². The van der Waals surface area contributed by atoms with Crippen LogP contribution in [0.5, 0.6) is 0 Å².